The summed E-state index contributed by atoms with van der Waals surface area (Å²) in [5, 5.41) is 2.85. The van der Waals surface area contributed by atoms with Crippen LogP contribution in [0.1, 0.15) is 18.0 Å². The normalized spacial score (nSPS) is 21.2. The zero-order valence-corrected chi connectivity index (χ0v) is 14.3. The molecule has 0 bridgehead atoms. The summed E-state index contributed by atoms with van der Waals surface area (Å²) in [5.41, 5.74) is 0.667. The lowest BCUT2D eigenvalue weighted by Crippen LogP contribution is -2.53. The van der Waals surface area contributed by atoms with Gasteiger partial charge in [-0.25, -0.2) is 4.39 Å². The third kappa shape index (κ3) is 4.52. The first kappa shape index (κ1) is 18.4. The fraction of sp³-hybridized carbons (Fsp3) is 0.529. The van der Waals surface area contributed by atoms with E-state index < -0.39 is 12.1 Å². The van der Waals surface area contributed by atoms with Gasteiger partial charge < -0.3 is 19.9 Å². The minimum Gasteiger partial charge on any atom is -0.356 e. The first-order valence-electron chi connectivity index (χ1n) is 7.95. The Morgan fingerprint density at radius 3 is 2.67 bits per heavy atom. The maximum Gasteiger partial charge on any atom is 0.251 e. The molecule has 0 unspecified atom stereocenters. The molecule has 1 saturated heterocycles. The average molecular weight is 337 g/mol. The molecule has 1 aliphatic heterocycles. The van der Waals surface area contributed by atoms with E-state index in [4.69, 9.17) is 4.74 Å². The number of carbonyl (C=O) groups excluding carboxylic acids is 2. The smallest absolute Gasteiger partial charge is 0.251 e. The van der Waals surface area contributed by atoms with Crippen molar-refractivity contribution in [3.05, 3.63) is 35.6 Å². The second-order valence-electron chi connectivity index (χ2n) is 6.18. The van der Waals surface area contributed by atoms with E-state index in [1.807, 2.05) is 19.0 Å². The molecule has 0 spiro atoms. The highest BCUT2D eigenvalue weighted by Crippen LogP contribution is 2.29. The molecule has 2 amide bonds. The highest BCUT2D eigenvalue weighted by Gasteiger charge is 2.39. The summed E-state index contributed by atoms with van der Waals surface area (Å²) in [4.78, 5) is 27.9. The summed E-state index contributed by atoms with van der Waals surface area (Å²) >= 11 is 0. The largest absolute Gasteiger partial charge is 0.356 e. The van der Waals surface area contributed by atoms with Gasteiger partial charge in [-0.3, -0.25) is 9.59 Å². The van der Waals surface area contributed by atoms with Crippen LogP contribution in [0.2, 0.25) is 0 Å². The fourth-order valence-electron chi connectivity index (χ4n) is 2.70. The summed E-state index contributed by atoms with van der Waals surface area (Å²) in [6.45, 7) is 1.26. The average Bonchev–Trinajstić information content (AvgIpc) is 2.54. The number of ether oxygens (including phenoxy) is 1. The predicted octanol–water partition coefficient (Wildman–Crippen LogP) is 0.792. The van der Waals surface area contributed by atoms with Crippen LogP contribution < -0.4 is 5.32 Å². The Hall–Kier alpha value is -1.99. The number of rotatable bonds is 6. The number of nitrogens with zero attached hydrogens (tertiary/aromatic N) is 2. The number of benzene rings is 1. The van der Waals surface area contributed by atoms with Crippen LogP contribution in [0.25, 0.3) is 0 Å². The van der Waals surface area contributed by atoms with Crippen molar-refractivity contribution < 1.29 is 18.7 Å². The van der Waals surface area contributed by atoms with E-state index in [-0.39, 0.29) is 24.2 Å². The Morgan fingerprint density at radius 2 is 2.04 bits per heavy atom. The minimum atomic E-state index is -0.808. The number of nitrogens with one attached hydrogen (secondary N) is 1. The molecule has 0 aliphatic carbocycles. The molecule has 2 rings (SSSR count). The van der Waals surface area contributed by atoms with Gasteiger partial charge in [0.15, 0.2) is 6.10 Å². The van der Waals surface area contributed by atoms with E-state index in [0.717, 1.165) is 13.0 Å². The van der Waals surface area contributed by atoms with Crippen LogP contribution in [0, 0.1) is 5.82 Å². The Balaban J connectivity index is 2.08. The monoisotopic (exact) mass is 337 g/mol. The Bertz CT molecular complexity index is 577. The number of likely N-dealkylation sites (N-methyl/N-ethyl adjacent to an activating group) is 1. The van der Waals surface area contributed by atoms with E-state index in [1.54, 1.807) is 19.2 Å². The van der Waals surface area contributed by atoms with Crippen molar-refractivity contribution in [2.75, 3.05) is 40.8 Å². The van der Waals surface area contributed by atoms with E-state index in [0.29, 0.717) is 12.1 Å². The third-order valence-corrected chi connectivity index (χ3v) is 4.04. The quantitative estimate of drug-likeness (QED) is 0.780. The molecule has 24 heavy (non-hydrogen) atoms. The highest BCUT2D eigenvalue weighted by atomic mass is 19.1. The molecule has 1 aliphatic rings. The van der Waals surface area contributed by atoms with Crippen molar-refractivity contribution in [1.29, 1.82) is 0 Å². The molecule has 6 nitrogen and oxygen atoms in total. The zero-order valence-electron chi connectivity index (χ0n) is 14.3. The zero-order chi connectivity index (χ0) is 17.7. The summed E-state index contributed by atoms with van der Waals surface area (Å²) in [6.07, 6.45) is 0.0130. The van der Waals surface area contributed by atoms with E-state index in [1.165, 1.54) is 17.0 Å². The van der Waals surface area contributed by atoms with Crippen molar-refractivity contribution in [3.63, 3.8) is 0 Å². The van der Waals surface area contributed by atoms with Gasteiger partial charge in [-0.2, -0.15) is 0 Å². The Labute approximate surface area is 141 Å². The van der Waals surface area contributed by atoms with Crippen molar-refractivity contribution in [2.24, 2.45) is 0 Å². The Morgan fingerprint density at radius 1 is 1.38 bits per heavy atom. The second-order valence-corrected chi connectivity index (χ2v) is 6.18. The topological polar surface area (TPSA) is 61.9 Å². The molecule has 0 aromatic heterocycles. The first-order chi connectivity index (χ1) is 11.4. The predicted molar refractivity (Wildman–Crippen MR) is 87.8 cm³/mol. The molecular weight excluding hydrogens is 313 g/mol. The molecule has 1 fully saturated rings. The maximum absolute atomic E-state index is 13.2. The third-order valence-electron chi connectivity index (χ3n) is 4.04. The Kier molecular flexibility index (Phi) is 6.28. The lowest BCUT2D eigenvalue weighted by atomic mass is 9.97. The van der Waals surface area contributed by atoms with Crippen molar-refractivity contribution in [3.8, 4) is 0 Å². The first-order valence-corrected chi connectivity index (χ1v) is 7.95. The fourth-order valence-corrected chi connectivity index (χ4v) is 2.70. The molecular formula is C17H24FN3O3. The van der Waals surface area contributed by atoms with Gasteiger partial charge in [-0.15, -0.1) is 0 Å². The maximum atomic E-state index is 13.2. The molecule has 132 valence electrons. The van der Waals surface area contributed by atoms with Gasteiger partial charge in [-0.05, 0) is 44.8 Å². The number of carbonyl (C=O) groups is 2. The standard InChI is InChI=1S/C17H24FN3O3/c1-20(2)10-4-9-19-17(23)16-15(21(3)14(22)11-24-16)12-5-7-13(18)8-6-12/h5-8,15-16H,4,9-11H2,1-3H3,(H,19,23)/t15-,16+/m0/s1. The van der Waals surface area contributed by atoms with Gasteiger partial charge in [0.05, 0.1) is 6.04 Å². The molecule has 1 N–H and O–H groups in total. The second kappa shape index (κ2) is 8.21. The van der Waals surface area contributed by atoms with E-state index in [9.17, 15) is 14.0 Å². The summed E-state index contributed by atoms with van der Waals surface area (Å²) in [7, 11) is 5.57. The highest BCUT2D eigenvalue weighted by molar-refractivity contribution is 5.86. The number of morpholine rings is 1. The number of halogens is 1. The molecule has 0 saturated carbocycles. The van der Waals surface area contributed by atoms with Crippen molar-refractivity contribution in [1.82, 2.24) is 15.1 Å². The van der Waals surface area contributed by atoms with Crippen LogP contribution in [-0.2, 0) is 14.3 Å². The molecule has 0 radical (unpaired) electrons. The summed E-state index contributed by atoms with van der Waals surface area (Å²) < 4.78 is 18.6. The van der Waals surface area contributed by atoms with E-state index >= 15 is 0 Å². The lowest BCUT2D eigenvalue weighted by Gasteiger charge is -2.38. The van der Waals surface area contributed by atoms with Crippen LogP contribution in [-0.4, -0.2) is 68.6 Å². The van der Waals surface area contributed by atoms with Crippen molar-refractivity contribution in [2.45, 2.75) is 18.6 Å². The van der Waals surface area contributed by atoms with Gasteiger partial charge in [0.1, 0.15) is 12.4 Å². The lowest BCUT2D eigenvalue weighted by molar-refractivity contribution is -0.162. The minimum absolute atomic E-state index is 0.135. The number of amides is 2. The molecule has 1 aromatic carbocycles. The van der Waals surface area contributed by atoms with Crippen LogP contribution in [0.3, 0.4) is 0 Å². The van der Waals surface area contributed by atoms with E-state index in [2.05, 4.69) is 5.32 Å². The number of hydrogen-bond acceptors (Lipinski definition) is 4. The van der Waals surface area contributed by atoms with Gasteiger partial charge in [0.2, 0.25) is 5.91 Å². The van der Waals surface area contributed by atoms with Gasteiger partial charge in [0, 0.05) is 13.6 Å². The van der Waals surface area contributed by atoms with Crippen LogP contribution in [0.5, 0.6) is 0 Å². The van der Waals surface area contributed by atoms with Gasteiger partial charge in [-0.1, -0.05) is 12.1 Å². The summed E-state index contributed by atoms with van der Waals surface area (Å²) in [5.74, 6) is -0.836. The SMILES string of the molecule is CN(C)CCCNC(=O)[C@@H]1OCC(=O)N(C)[C@H]1c1ccc(F)cc1. The summed E-state index contributed by atoms with van der Waals surface area (Å²) in [6, 6.07) is 5.21. The van der Waals surface area contributed by atoms with Gasteiger partial charge >= 0.3 is 0 Å². The number of hydrogen-bond donors (Lipinski definition) is 1. The van der Waals surface area contributed by atoms with Crippen LogP contribution in [0.4, 0.5) is 4.39 Å². The molecule has 7 heteroatoms. The van der Waals surface area contributed by atoms with Gasteiger partial charge in [0.25, 0.3) is 5.91 Å². The molecule has 1 heterocycles. The van der Waals surface area contributed by atoms with Crippen LogP contribution in [0.15, 0.2) is 24.3 Å². The van der Waals surface area contributed by atoms with Crippen LogP contribution >= 0.6 is 0 Å². The molecule has 1 aromatic rings. The van der Waals surface area contributed by atoms with Crippen molar-refractivity contribution >= 4 is 11.8 Å². The molecule has 2 atom stereocenters.